The number of esters is 1. The van der Waals surface area contributed by atoms with Gasteiger partial charge in [-0.3, -0.25) is 0 Å². The third kappa shape index (κ3) is 8.83. The molecule has 0 rings (SSSR count). The van der Waals surface area contributed by atoms with E-state index in [0.29, 0.717) is 19.6 Å². The molecule has 0 radical (unpaired) electrons. The summed E-state index contributed by atoms with van der Waals surface area (Å²) in [6.07, 6.45) is 2.18. The highest BCUT2D eigenvalue weighted by Gasteiger charge is 1.99. The summed E-state index contributed by atoms with van der Waals surface area (Å²) < 4.78 is 9.66. The molecule has 0 aliphatic carbocycles. The molecule has 0 aliphatic rings. The SMILES string of the molecule is CCOC(=O)COCCCCC#N. The lowest BCUT2D eigenvalue weighted by Gasteiger charge is -2.02. The standard InChI is InChI=1S/C9H15NO3/c1-2-13-9(11)8-12-7-5-3-4-6-10/h2-5,7-8H2,1H3. The Morgan fingerprint density at radius 1 is 1.46 bits per heavy atom. The predicted molar refractivity (Wildman–Crippen MR) is 46.9 cm³/mol. The fraction of sp³-hybridized carbons (Fsp3) is 0.778. The first-order chi connectivity index (χ1) is 6.31. The molecule has 0 aliphatic heterocycles. The first-order valence-corrected chi connectivity index (χ1v) is 4.41. The Balaban J connectivity index is 3.07. The third-order valence-electron chi connectivity index (χ3n) is 1.35. The first kappa shape index (κ1) is 11.9. The van der Waals surface area contributed by atoms with Gasteiger partial charge < -0.3 is 9.47 Å². The molecule has 4 nitrogen and oxygen atoms in total. The monoisotopic (exact) mass is 185 g/mol. The molecule has 0 atom stereocenters. The number of ether oxygens (including phenoxy) is 2. The highest BCUT2D eigenvalue weighted by Crippen LogP contribution is 1.94. The van der Waals surface area contributed by atoms with Crippen molar-refractivity contribution in [1.29, 1.82) is 5.26 Å². The van der Waals surface area contributed by atoms with Crippen LogP contribution in [0.25, 0.3) is 0 Å². The minimum absolute atomic E-state index is 0.0143. The summed E-state index contributed by atoms with van der Waals surface area (Å²) in [5.41, 5.74) is 0. The van der Waals surface area contributed by atoms with Crippen molar-refractivity contribution in [3.8, 4) is 6.07 Å². The number of hydrogen-bond donors (Lipinski definition) is 0. The summed E-state index contributed by atoms with van der Waals surface area (Å²) >= 11 is 0. The van der Waals surface area contributed by atoms with Gasteiger partial charge in [-0.2, -0.15) is 5.26 Å². The van der Waals surface area contributed by atoms with Gasteiger partial charge in [0.1, 0.15) is 6.61 Å². The van der Waals surface area contributed by atoms with E-state index in [9.17, 15) is 4.79 Å². The fourth-order valence-corrected chi connectivity index (χ4v) is 0.766. The van der Waals surface area contributed by atoms with Gasteiger partial charge in [0.2, 0.25) is 0 Å². The number of hydrogen-bond acceptors (Lipinski definition) is 4. The van der Waals surface area contributed by atoms with Crippen molar-refractivity contribution in [2.24, 2.45) is 0 Å². The van der Waals surface area contributed by atoms with Gasteiger partial charge >= 0.3 is 5.97 Å². The Morgan fingerprint density at radius 2 is 2.23 bits per heavy atom. The topological polar surface area (TPSA) is 59.3 Å². The maximum atomic E-state index is 10.7. The molecule has 0 bridgehead atoms. The highest BCUT2D eigenvalue weighted by molar-refractivity contribution is 5.70. The maximum Gasteiger partial charge on any atom is 0.332 e. The Kier molecular flexibility index (Phi) is 8.26. The van der Waals surface area contributed by atoms with Crippen molar-refractivity contribution in [1.82, 2.24) is 0 Å². The van der Waals surface area contributed by atoms with Crippen LogP contribution in [0.15, 0.2) is 0 Å². The number of nitriles is 1. The second-order valence-electron chi connectivity index (χ2n) is 2.47. The van der Waals surface area contributed by atoms with Crippen molar-refractivity contribution >= 4 is 5.97 Å². The Hall–Kier alpha value is -1.08. The van der Waals surface area contributed by atoms with Crippen molar-refractivity contribution in [2.45, 2.75) is 26.2 Å². The average molecular weight is 185 g/mol. The molecule has 13 heavy (non-hydrogen) atoms. The van der Waals surface area contributed by atoms with E-state index in [-0.39, 0.29) is 12.6 Å². The van der Waals surface area contributed by atoms with Crippen LogP contribution in [0, 0.1) is 11.3 Å². The zero-order valence-corrected chi connectivity index (χ0v) is 7.91. The van der Waals surface area contributed by atoms with Crippen LogP contribution in [0.3, 0.4) is 0 Å². The van der Waals surface area contributed by atoms with E-state index in [4.69, 9.17) is 10.00 Å². The van der Waals surface area contributed by atoms with Crippen LogP contribution in [-0.2, 0) is 14.3 Å². The molecule has 0 spiro atoms. The minimum atomic E-state index is -0.331. The molecule has 0 amide bonds. The molecule has 0 N–H and O–H groups in total. The summed E-state index contributed by atoms with van der Waals surface area (Å²) in [5, 5.41) is 8.22. The van der Waals surface area contributed by atoms with Crippen molar-refractivity contribution < 1.29 is 14.3 Å². The molecule has 0 unspecified atom stereocenters. The molecule has 74 valence electrons. The zero-order chi connectivity index (χ0) is 9.94. The Morgan fingerprint density at radius 3 is 2.85 bits per heavy atom. The lowest BCUT2D eigenvalue weighted by atomic mass is 10.3. The van der Waals surface area contributed by atoms with Gasteiger partial charge in [-0.15, -0.1) is 0 Å². The third-order valence-corrected chi connectivity index (χ3v) is 1.35. The molecule has 0 aromatic carbocycles. The van der Waals surface area contributed by atoms with Gasteiger partial charge in [-0.1, -0.05) is 0 Å². The van der Waals surface area contributed by atoms with E-state index in [1.54, 1.807) is 6.92 Å². The van der Waals surface area contributed by atoms with Crippen LogP contribution in [-0.4, -0.2) is 25.8 Å². The predicted octanol–water partition coefficient (Wildman–Crippen LogP) is 1.26. The van der Waals surface area contributed by atoms with Crippen LogP contribution in [0.5, 0.6) is 0 Å². The molecule has 0 saturated heterocycles. The van der Waals surface area contributed by atoms with E-state index in [0.717, 1.165) is 12.8 Å². The van der Waals surface area contributed by atoms with Crippen LogP contribution in [0.4, 0.5) is 0 Å². The number of nitrogens with zero attached hydrogens (tertiary/aromatic N) is 1. The number of carbonyl (C=O) groups is 1. The van der Waals surface area contributed by atoms with Gasteiger partial charge in [0, 0.05) is 13.0 Å². The summed E-state index contributed by atoms with van der Waals surface area (Å²) in [7, 11) is 0. The summed E-state index contributed by atoms with van der Waals surface area (Å²) in [6, 6.07) is 2.04. The second kappa shape index (κ2) is 9.01. The van der Waals surface area contributed by atoms with E-state index in [1.807, 2.05) is 6.07 Å². The van der Waals surface area contributed by atoms with Gasteiger partial charge in [-0.25, -0.2) is 4.79 Å². The van der Waals surface area contributed by atoms with Crippen molar-refractivity contribution in [3.05, 3.63) is 0 Å². The largest absolute Gasteiger partial charge is 0.464 e. The quantitative estimate of drug-likeness (QED) is 0.442. The lowest BCUT2D eigenvalue weighted by Crippen LogP contribution is -2.12. The summed E-state index contributed by atoms with van der Waals surface area (Å²) in [5.74, 6) is -0.331. The van der Waals surface area contributed by atoms with Crippen LogP contribution in [0.2, 0.25) is 0 Å². The normalized spacial score (nSPS) is 9.23. The van der Waals surface area contributed by atoms with E-state index in [1.165, 1.54) is 0 Å². The smallest absolute Gasteiger partial charge is 0.332 e. The molecule has 0 saturated carbocycles. The van der Waals surface area contributed by atoms with Gasteiger partial charge in [0.05, 0.1) is 12.7 Å². The molecule has 0 aromatic heterocycles. The molecular formula is C9H15NO3. The number of rotatable bonds is 7. The van der Waals surface area contributed by atoms with Gasteiger partial charge in [-0.05, 0) is 19.8 Å². The molecule has 4 heteroatoms. The molecular weight excluding hydrogens is 170 g/mol. The van der Waals surface area contributed by atoms with Crippen molar-refractivity contribution in [3.63, 3.8) is 0 Å². The summed E-state index contributed by atoms with van der Waals surface area (Å²) in [4.78, 5) is 10.7. The molecule has 0 aromatic rings. The van der Waals surface area contributed by atoms with Gasteiger partial charge in [0.15, 0.2) is 0 Å². The van der Waals surface area contributed by atoms with Crippen molar-refractivity contribution in [2.75, 3.05) is 19.8 Å². The Labute approximate surface area is 78.4 Å². The Bertz CT molecular complexity index is 174. The fourth-order valence-electron chi connectivity index (χ4n) is 0.766. The molecule has 0 heterocycles. The van der Waals surface area contributed by atoms with Crippen LogP contribution in [0.1, 0.15) is 26.2 Å². The van der Waals surface area contributed by atoms with Crippen LogP contribution >= 0.6 is 0 Å². The summed E-state index contributed by atoms with van der Waals surface area (Å²) in [6.45, 7) is 2.67. The minimum Gasteiger partial charge on any atom is -0.464 e. The zero-order valence-electron chi connectivity index (χ0n) is 7.91. The van der Waals surface area contributed by atoms with Crippen LogP contribution < -0.4 is 0 Å². The van der Waals surface area contributed by atoms with E-state index in [2.05, 4.69) is 4.74 Å². The average Bonchev–Trinajstić information content (AvgIpc) is 2.11. The molecule has 0 fully saturated rings. The van der Waals surface area contributed by atoms with Gasteiger partial charge in [0.25, 0.3) is 0 Å². The first-order valence-electron chi connectivity index (χ1n) is 4.41. The highest BCUT2D eigenvalue weighted by atomic mass is 16.6. The van der Waals surface area contributed by atoms with E-state index < -0.39 is 0 Å². The number of carbonyl (C=O) groups excluding carboxylic acids is 1. The number of unbranched alkanes of at least 4 members (excludes halogenated alkanes) is 2. The second-order valence-corrected chi connectivity index (χ2v) is 2.47. The lowest BCUT2D eigenvalue weighted by molar-refractivity contribution is -0.148. The maximum absolute atomic E-state index is 10.7. The van der Waals surface area contributed by atoms with E-state index >= 15 is 0 Å².